The maximum absolute atomic E-state index is 17.6. The monoisotopic (exact) mass is 755 g/mol. The normalized spacial score (nSPS) is 23.4. The molecule has 0 amide bonds. The summed E-state index contributed by atoms with van der Waals surface area (Å²) >= 11 is 0. The van der Waals surface area contributed by atoms with Crippen LogP contribution in [0, 0.1) is 24.4 Å². The number of aromatic nitrogens is 2. The minimum absolute atomic E-state index is 0.0357. The molecule has 13 heteroatoms. The quantitative estimate of drug-likeness (QED) is 0.179. The van der Waals surface area contributed by atoms with Crippen LogP contribution in [0.15, 0.2) is 37.9 Å². The second-order valence-corrected chi connectivity index (χ2v) is 16.2. The van der Waals surface area contributed by atoms with E-state index in [4.69, 9.17) is 23.5 Å². The third-order valence-corrected chi connectivity index (χ3v) is 13.4. The standard InChI is InChI=1S/C42H44F3N5O5/c1-3-26-29(43)11-9-23-17-25(51)18-28(33(23)26)34-36(44)27-7-4-8-30-31-12-10-24(49(31)20-32-22(2)54-41(52)55-32)19-50(30)39-35(27)38(37(34)45)46-40(47-39)53-21-42-13-5-15-48(42)16-6-14-42/h9,11,17-18,24,30-31,51H,3-8,10,12-16,19-21H2,1-2H3/t24-,30?,31+/m1/s1. The van der Waals surface area contributed by atoms with Crippen LogP contribution in [0.1, 0.15) is 80.9 Å². The molecular formula is C42H44F3N5O5. The lowest BCUT2D eigenvalue weighted by Crippen LogP contribution is -2.60. The third-order valence-electron chi connectivity index (χ3n) is 13.4. The highest BCUT2D eigenvalue weighted by molar-refractivity contribution is 6.04. The first-order chi connectivity index (χ1) is 26.6. The average Bonchev–Trinajstić information content (AvgIpc) is 3.90. The van der Waals surface area contributed by atoms with Crippen LogP contribution < -0.4 is 15.5 Å². The van der Waals surface area contributed by atoms with Crippen LogP contribution in [0.4, 0.5) is 19.0 Å². The van der Waals surface area contributed by atoms with Gasteiger partial charge in [0.25, 0.3) is 0 Å². The second kappa shape index (κ2) is 13.0. The van der Waals surface area contributed by atoms with E-state index in [1.807, 2.05) is 0 Å². The van der Waals surface area contributed by atoms with E-state index in [-0.39, 0.29) is 58.5 Å². The molecule has 2 bridgehead atoms. The molecule has 5 aliphatic rings. The molecule has 0 spiro atoms. The number of nitrogens with zero attached hydrogens (tertiary/aromatic N) is 5. The van der Waals surface area contributed by atoms with Crippen molar-refractivity contribution < 1.29 is 31.8 Å². The minimum atomic E-state index is -0.895. The molecule has 5 aliphatic heterocycles. The van der Waals surface area contributed by atoms with Crippen LogP contribution in [0.5, 0.6) is 11.8 Å². The van der Waals surface area contributed by atoms with E-state index in [2.05, 4.69) is 14.7 Å². The van der Waals surface area contributed by atoms with Crippen LogP contribution in [-0.2, 0) is 19.4 Å². The molecule has 3 atom stereocenters. The van der Waals surface area contributed by atoms with Gasteiger partial charge in [-0.15, -0.1) is 0 Å². The number of piperazine rings is 1. The summed E-state index contributed by atoms with van der Waals surface area (Å²) in [6.07, 6.45) is 7.92. The number of halogens is 3. The van der Waals surface area contributed by atoms with Crippen molar-refractivity contribution in [3.8, 4) is 22.9 Å². The number of fused-ring (bicyclic) bond motifs is 7. The molecule has 0 saturated carbocycles. The Labute approximate surface area is 315 Å². The van der Waals surface area contributed by atoms with Crippen molar-refractivity contribution >= 4 is 27.5 Å². The molecule has 10 nitrogen and oxygen atoms in total. The van der Waals surface area contributed by atoms with Crippen molar-refractivity contribution in [3.63, 3.8) is 0 Å². The van der Waals surface area contributed by atoms with Crippen LogP contribution in [0.2, 0.25) is 0 Å². The summed E-state index contributed by atoms with van der Waals surface area (Å²) in [7, 11) is 0. The van der Waals surface area contributed by atoms with Gasteiger partial charge in [-0.3, -0.25) is 9.80 Å². The first kappa shape index (κ1) is 34.8. The molecule has 5 aromatic rings. The zero-order chi connectivity index (χ0) is 37.7. The van der Waals surface area contributed by atoms with Crippen molar-refractivity contribution in [3.05, 3.63) is 75.0 Å². The Morgan fingerprint density at radius 1 is 0.982 bits per heavy atom. The number of aromatic hydroxyl groups is 1. The Bertz CT molecular complexity index is 2420. The Hall–Kier alpha value is -4.62. The molecular weight excluding hydrogens is 711 g/mol. The topological polar surface area (TPSA) is 108 Å². The van der Waals surface area contributed by atoms with Crippen molar-refractivity contribution in [1.29, 1.82) is 0 Å². The first-order valence-electron chi connectivity index (χ1n) is 19.8. The highest BCUT2D eigenvalue weighted by Gasteiger charge is 2.49. The van der Waals surface area contributed by atoms with Gasteiger partial charge in [-0.25, -0.2) is 18.0 Å². The van der Waals surface area contributed by atoms with Gasteiger partial charge in [0.05, 0.1) is 23.0 Å². The van der Waals surface area contributed by atoms with Gasteiger partial charge in [-0.2, -0.15) is 9.97 Å². The van der Waals surface area contributed by atoms with Crippen LogP contribution in [-0.4, -0.2) is 74.8 Å². The fourth-order valence-electron chi connectivity index (χ4n) is 10.9. The number of anilines is 1. The predicted molar refractivity (Wildman–Crippen MR) is 200 cm³/mol. The second-order valence-electron chi connectivity index (χ2n) is 16.2. The third kappa shape index (κ3) is 5.39. The van der Waals surface area contributed by atoms with Crippen LogP contribution in [0.3, 0.4) is 0 Å². The van der Waals surface area contributed by atoms with E-state index in [0.717, 1.165) is 51.6 Å². The molecule has 10 rings (SSSR count). The maximum Gasteiger partial charge on any atom is 0.519 e. The summed E-state index contributed by atoms with van der Waals surface area (Å²) in [6.45, 7) is 6.92. The summed E-state index contributed by atoms with van der Waals surface area (Å²) in [5.74, 6) is -1.57. The van der Waals surface area contributed by atoms with Crippen molar-refractivity contribution in [2.75, 3.05) is 31.1 Å². The van der Waals surface area contributed by atoms with E-state index >= 15 is 13.2 Å². The zero-order valence-corrected chi connectivity index (χ0v) is 31.1. The van der Waals surface area contributed by atoms with Crippen molar-refractivity contribution in [2.45, 2.75) is 108 Å². The van der Waals surface area contributed by atoms with Gasteiger partial charge in [-0.1, -0.05) is 13.0 Å². The predicted octanol–water partition coefficient (Wildman–Crippen LogP) is 7.56. The number of phenolic OH excluding ortho intramolecular Hbond substituents is 1. The largest absolute Gasteiger partial charge is 0.519 e. The number of benzene rings is 3. The Morgan fingerprint density at radius 2 is 1.80 bits per heavy atom. The number of phenols is 1. The lowest BCUT2D eigenvalue weighted by Gasteiger charge is -2.48. The molecule has 3 aromatic carbocycles. The minimum Gasteiger partial charge on any atom is -0.508 e. The Balaban J connectivity index is 1.15. The molecule has 0 radical (unpaired) electrons. The lowest BCUT2D eigenvalue weighted by molar-refractivity contribution is 0.106. The molecule has 55 heavy (non-hydrogen) atoms. The number of hydrogen-bond donors (Lipinski definition) is 1. The Morgan fingerprint density at radius 3 is 2.56 bits per heavy atom. The molecule has 288 valence electrons. The van der Waals surface area contributed by atoms with Gasteiger partial charge in [0.1, 0.15) is 41.1 Å². The highest BCUT2D eigenvalue weighted by Crippen LogP contribution is 2.48. The zero-order valence-electron chi connectivity index (χ0n) is 31.1. The molecule has 1 unspecified atom stereocenters. The van der Waals surface area contributed by atoms with Gasteiger partial charge < -0.3 is 23.6 Å². The fraction of sp³-hybridized carbons (Fsp3) is 0.500. The summed E-state index contributed by atoms with van der Waals surface area (Å²) in [5.41, 5.74) is 0.210. The van der Waals surface area contributed by atoms with Gasteiger partial charge in [0, 0.05) is 30.2 Å². The summed E-state index contributed by atoms with van der Waals surface area (Å²) in [5, 5.41) is 12.0. The molecule has 2 aromatic heterocycles. The van der Waals surface area contributed by atoms with Crippen molar-refractivity contribution in [2.24, 2.45) is 0 Å². The van der Waals surface area contributed by atoms with Crippen LogP contribution >= 0.6 is 0 Å². The Kier molecular flexibility index (Phi) is 8.22. The average molecular weight is 756 g/mol. The molecule has 0 aliphatic carbocycles. The number of aryl methyl sites for hydroxylation is 3. The summed E-state index contributed by atoms with van der Waals surface area (Å²) < 4.78 is 67.4. The smallest absolute Gasteiger partial charge is 0.508 e. The summed E-state index contributed by atoms with van der Waals surface area (Å²) in [6, 6.07) is 5.82. The summed E-state index contributed by atoms with van der Waals surface area (Å²) in [4.78, 5) is 28.8. The SMILES string of the molecule is CCc1c(F)ccc2cc(O)cc(-c3c(F)c4c5c(nc(OCC67CCCN6CCC7)nc5c3F)N3C[C@H]5CC[C@@H](C3CCC4)N5Cc3oc(=O)oc3C)c12. The van der Waals surface area contributed by atoms with Gasteiger partial charge >= 0.3 is 11.8 Å². The number of rotatable bonds is 7. The molecule has 1 N–H and O–H groups in total. The first-order valence-corrected chi connectivity index (χ1v) is 19.8. The maximum atomic E-state index is 17.6. The van der Waals surface area contributed by atoms with Crippen LogP contribution in [0.25, 0.3) is 32.8 Å². The van der Waals surface area contributed by atoms with E-state index in [1.54, 1.807) is 13.8 Å². The highest BCUT2D eigenvalue weighted by atomic mass is 19.1. The number of ether oxygens (including phenoxy) is 1. The van der Waals surface area contributed by atoms with E-state index in [9.17, 15) is 9.90 Å². The molecule has 4 saturated heterocycles. The van der Waals surface area contributed by atoms with Gasteiger partial charge in [-0.05, 0) is 124 Å². The van der Waals surface area contributed by atoms with E-state index in [0.29, 0.717) is 83.6 Å². The van der Waals surface area contributed by atoms with E-state index < -0.39 is 23.3 Å². The van der Waals surface area contributed by atoms with Gasteiger partial charge in [0.2, 0.25) is 0 Å². The molecule has 7 heterocycles. The van der Waals surface area contributed by atoms with E-state index in [1.165, 1.54) is 24.3 Å². The van der Waals surface area contributed by atoms with Gasteiger partial charge in [0.15, 0.2) is 11.6 Å². The molecule has 4 fully saturated rings. The lowest BCUT2D eigenvalue weighted by atomic mass is 9.87. The van der Waals surface area contributed by atoms with Crippen molar-refractivity contribution in [1.82, 2.24) is 19.8 Å². The number of hydrogen-bond acceptors (Lipinski definition) is 10. The fourth-order valence-corrected chi connectivity index (χ4v) is 10.9.